The van der Waals surface area contributed by atoms with E-state index in [1.54, 1.807) is 19.2 Å². The molecule has 0 aliphatic heterocycles. The Morgan fingerprint density at radius 1 is 1.17 bits per heavy atom. The monoisotopic (exact) mass is 332 g/mol. The molecular formula is C17H20N2O3S. The van der Waals surface area contributed by atoms with Gasteiger partial charge in [-0.25, -0.2) is 9.56 Å². The topological polar surface area (TPSA) is 60.7 Å². The van der Waals surface area contributed by atoms with Gasteiger partial charge in [0.1, 0.15) is 0 Å². The average molecular weight is 332 g/mol. The van der Waals surface area contributed by atoms with Crippen LogP contribution in [-0.2, 0) is 4.79 Å². The van der Waals surface area contributed by atoms with Gasteiger partial charge in [-0.1, -0.05) is 19.9 Å². The Morgan fingerprint density at radius 2 is 1.91 bits per heavy atom. The molecule has 0 unspecified atom stereocenters. The van der Waals surface area contributed by atoms with E-state index in [1.807, 2.05) is 32.0 Å². The van der Waals surface area contributed by atoms with Gasteiger partial charge in [0.25, 0.3) is 0 Å². The van der Waals surface area contributed by atoms with E-state index in [9.17, 15) is 9.59 Å². The number of hydrogen-bond donors (Lipinski definition) is 0. The molecule has 0 atom stereocenters. The van der Waals surface area contributed by atoms with Crippen molar-refractivity contribution in [3.8, 4) is 5.88 Å². The summed E-state index contributed by atoms with van der Waals surface area (Å²) in [4.78, 5) is 28.8. The summed E-state index contributed by atoms with van der Waals surface area (Å²) in [7, 11) is 0. The Morgan fingerprint density at radius 3 is 2.52 bits per heavy atom. The Bertz CT molecular complexity index is 802. The zero-order valence-electron chi connectivity index (χ0n) is 13.8. The van der Waals surface area contributed by atoms with Crippen LogP contribution >= 0.6 is 11.3 Å². The van der Waals surface area contributed by atoms with Crippen molar-refractivity contribution in [3.05, 3.63) is 39.5 Å². The minimum absolute atomic E-state index is 0.160. The molecule has 122 valence electrons. The van der Waals surface area contributed by atoms with Gasteiger partial charge in [0.05, 0.1) is 11.1 Å². The van der Waals surface area contributed by atoms with Crippen LogP contribution in [0.25, 0.3) is 0 Å². The van der Waals surface area contributed by atoms with Gasteiger partial charge < -0.3 is 4.74 Å². The van der Waals surface area contributed by atoms with Gasteiger partial charge in [0.2, 0.25) is 11.8 Å². The molecule has 0 aliphatic carbocycles. The SMILES string of the molecule is CCC(=O)Oc1csc(=Nc2ccc(C)c(C)c2)n1C(=O)CC. The molecule has 0 saturated carbocycles. The molecule has 1 heterocycles. The maximum absolute atomic E-state index is 12.2. The predicted octanol–water partition coefficient (Wildman–Crippen LogP) is 3.76. The lowest BCUT2D eigenvalue weighted by atomic mass is 10.1. The van der Waals surface area contributed by atoms with Crippen LogP contribution in [0, 0.1) is 13.8 Å². The zero-order chi connectivity index (χ0) is 17.0. The van der Waals surface area contributed by atoms with E-state index in [4.69, 9.17) is 4.74 Å². The second kappa shape index (κ2) is 7.37. The molecule has 1 aromatic carbocycles. The van der Waals surface area contributed by atoms with Crippen molar-refractivity contribution in [2.24, 2.45) is 4.99 Å². The Kier molecular flexibility index (Phi) is 5.50. The van der Waals surface area contributed by atoms with E-state index in [0.29, 0.717) is 11.2 Å². The van der Waals surface area contributed by atoms with Crippen LogP contribution in [0.1, 0.15) is 42.6 Å². The van der Waals surface area contributed by atoms with Gasteiger partial charge in [0, 0.05) is 12.8 Å². The molecule has 0 amide bonds. The molecule has 6 heteroatoms. The van der Waals surface area contributed by atoms with E-state index in [0.717, 1.165) is 11.3 Å². The number of thiazole rings is 1. The highest BCUT2D eigenvalue weighted by Gasteiger charge is 2.15. The van der Waals surface area contributed by atoms with Gasteiger partial charge in [-0.2, -0.15) is 0 Å². The van der Waals surface area contributed by atoms with Crippen molar-refractivity contribution < 1.29 is 14.3 Å². The third kappa shape index (κ3) is 3.96. The first kappa shape index (κ1) is 17.1. The van der Waals surface area contributed by atoms with Crippen molar-refractivity contribution >= 4 is 28.9 Å². The molecule has 0 saturated heterocycles. The van der Waals surface area contributed by atoms with E-state index in [2.05, 4.69) is 4.99 Å². The fraction of sp³-hybridized carbons (Fsp3) is 0.353. The molecular weight excluding hydrogens is 312 g/mol. The van der Waals surface area contributed by atoms with Crippen LogP contribution in [0.15, 0.2) is 28.6 Å². The summed E-state index contributed by atoms with van der Waals surface area (Å²) in [6, 6.07) is 5.86. The first-order valence-corrected chi connectivity index (χ1v) is 8.40. The maximum atomic E-state index is 12.2. The van der Waals surface area contributed by atoms with Gasteiger partial charge in [-0.15, -0.1) is 11.3 Å². The summed E-state index contributed by atoms with van der Waals surface area (Å²) in [6.45, 7) is 7.52. The number of esters is 1. The van der Waals surface area contributed by atoms with Gasteiger partial charge in [-0.05, 0) is 37.1 Å². The lowest BCUT2D eigenvalue weighted by Gasteiger charge is -2.06. The zero-order valence-corrected chi connectivity index (χ0v) is 14.6. The molecule has 0 radical (unpaired) electrons. The maximum Gasteiger partial charge on any atom is 0.312 e. The third-order valence-electron chi connectivity index (χ3n) is 3.45. The minimum Gasteiger partial charge on any atom is -0.408 e. The third-order valence-corrected chi connectivity index (χ3v) is 4.26. The number of rotatable bonds is 4. The standard InChI is InChI=1S/C17H20N2O3S/c1-5-14(20)19-15(22-16(21)6-2)10-23-17(19)18-13-8-7-11(3)12(4)9-13/h7-10H,5-6H2,1-4H3. The molecule has 2 aromatic rings. The van der Waals surface area contributed by atoms with Crippen molar-refractivity contribution in [1.29, 1.82) is 0 Å². The molecule has 23 heavy (non-hydrogen) atoms. The molecule has 1 aromatic heterocycles. The average Bonchev–Trinajstić information content (AvgIpc) is 2.92. The van der Waals surface area contributed by atoms with E-state index >= 15 is 0 Å². The van der Waals surface area contributed by atoms with Crippen LogP contribution in [0.3, 0.4) is 0 Å². The summed E-state index contributed by atoms with van der Waals surface area (Å²) in [6.07, 6.45) is 0.549. The highest BCUT2D eigenvalue weighted by atomic mass is 32.1. The number of aryl methyl sites for hydroxylation is 2. The second-order valence-electron chi connectivity index (χ2n) is 5.15. The Labute approximate surface area is 139 Å². The van der Waals surface area contributed by atoms with Crippen molar-refractivity contribution in [2.75, 3.05) is 0 Å². The highest BCUT2D eigenvalue weighted by molar-refractivity contribution is 7.07. The first-order valence-electron chi connectivity index (χ1n) is 7.52. The number of benzene rings is 1. The number of nitrogens with zero attached hydrogens (tertiary/aromatic N) is 2. The Hall–Kier alpha value is -2.21. The van der Waals surface area contributed by atoms with Crippen LogP contribution in [0.4, 0.5) is 5.69 Å². The molecule has 0 aliphatic rings. The minimum atomic E-state index is -0.377. The van der Waals surface area contributed by atoms with Crippen molar-refractivity contribution in [2.45, 2.75) is 40.5 Å². The summed E-state index contributed by atoms with van der Waals surface area (Å²) in [5.41, 5.74) is 3.08. The van der Waals surface area contributed by atoms with Crippen molar-refractivity contribution in [1.82, 2.24) is 4.57 Å². The summed E-state index contributed by atoms with van der Waals surface area (Å²) in [5, 5.41) is 1.64. The molecule has 0 bridgehead atoms. The van der Waals surface area contributed by atoms with Gasteiger partial charge in [0.15, 0.2) is 4.80 Å². The first-order chi connectivity index (χ1) is 11.0. The van der Waals surface area contributed by atoms with E-state index < -0.39 is 0 Å². The van der Waals surface area contributed by atoms with Crippen molar-refractivity contribution in [3.63, 3.8) is 0 Å². The van der Waals surface area contributed by atoms with Gasteiger partial charge in [-0.3, -0.25) is 9.59 Å². The normalized spacial score (nSPS) is 11.6. The lowest BCUT2D eigenvalue weighted by molar-refractivity contribution is -0.134. The number of ether oxygens (including phenoxy) is 1. The number of hydrogen-bond acceptors (Lipinski definition) is 5. The van der Waals surface area contributed by atoms with Gasteiger partial charge >= 0.3 is 5.97 Å². The summed E-state index contributed by atoms with van der Waals surface area (Å²) >= 11 is 1.28. The fourth-order valence-corrected chi connectivity index (χ4v) is 2.75. The predicted molar refractivity (Wildman–Crippen MR) is 90.3 cm³/mol. The van der Waals surface area contributed by atoms with Crippen LogP contribution < -0.4 is 9.54 Å². The van der Waals surface area contributed by atoms with E-state index in [1.165, 1.54) is 21.5 Å². The fourth-order valence-electron chi connectivity index (χ4n) is 1.93. The highest BCUT2D eigenvalue weighted by Crippen LogP contribution is 2.19. The molecule has 0 fully saturated rings. The van der Waals surface area contributed by atoms with Crippen LogP contribution in [-0.4, -0.2) is 16.4 Å². The Balaban J connectivity index is 2.53. The smallest absolute Gasteiger partial charge is 0.312 e. The summed E-state index contributed by atoms with van der Waals surface area (Å²) < 4.78 is 6.60. The summed E-state index contributed by atoms with van der Waals surface area (Å²) in [5.74, 6) is -0.304. The molecule has 2 rings (SSSR count). The number of aromatic nitrogens is 1. The van der Waals surface area contributed by atoms with E-state index in [-0.39, 0.29) is 24.2 Å². The molecule has 5 nitrogen and oxygen atoms in total. The second-order valence-corrected chi connectivity index (χ2v) is 5.98. The lowest BCUT2D eigenvalue weighted by Crippen LogP contribution is -2.24. The van der Waals surface area contributed by atoms with Crippen LogP contribution in [0.5, 0.6) is 5.88 Å². The van der Waals surface area contributed by atoms with Crippen LogP contribution in [0.2, 0.25) is 0 Å². The molecule has 0 N–H and O–H groups in total. The number of carbonyl (C=O) groups excluding carboxylic acids is 2. The largest absolute Gasteiger partial charge is 0.408 e. The quantitative estimate of drug-likeness (QED) is 0.801. The molecule has 0 spiro atoms. The number of carbonyl (C=O) groups is 2.